The van der Waals surface area contributed by atoms with Gasteiger partial charge in [0.05, 0.1) is 12.6 Å². The van der Waals surface area contributed by atoms with Crippen molar-refractivity contribution in [3.05, 3.63) is 35.9 Å². The Bertz CT molecular complexity index is 555. The molecule has 1 aromatic rings. The molecule has 2 heterocycles. The third-order valence-electron chi connectivity index (χ3n) is 4.91. The molecule has 5 nitrogen and oxygen atoms in total. The zero-order chi connectivity index (χ0) is 16.8. The first-order chi connectivity index (χ1) is 11.7. The largest absolute Gasteiger partial charge is 0.350 e. The molecule has 2 aliphatic rings. The third-order valence-corrected chi connectivity index (χ3v) is 4.91. The molecule has 0 aliphatic carbocycles. The molecule has 2 saturated heterocycles. The van der Waals surface area contributed by atoms with Gasteiger partial charge in [0.15, 0.2) is 0 Å². The molecule has 0 bridgehead atoms. The number of carbonyl (C=O) groups excluding carboxylic acids is 2. The minimum absolute atomic E-state index is 0.0365. The van der Waals surface area contributed by atoms with E-state index in [-0.39, 0.29) is 17.9 Å². The Hall–Kier alpha value is -1.88. The summed E-state index contributed by atoms with van der Waals surface area (Å²) in [5.41, 5.74) is 1.24. The Kier molecular flexibility index (Phi) is 5.86. The van der Waals surface area contributed by atoms with Gasteiger partial charge in [-0.15, -0.1) is 0 Å². The van der Waals surface area contributed by atoms with Crippen LogP contribution in [0.1, 0.15) is 31.2 Å². The van der Waals surface area contributed by atoms with Crippen LogP contribution in [-0.4, -0.2) is 60.4 Å². The van der Waals surface area contributed by atoms with E-state index in [1.54, 1.807) is 0 Å². The van der Waals surface area contributed by atoms with Crippen molar-refractivity contribution in [2.24, 2.45) is 0 Å². The van der Waals surface area contributed by atoms with Gasteiger partial charge in [-0.25, -0.2) is 0 Å². The summed E-state index contributed by atoms with van der Waals surface area (Å²) in [6, 6.07) is 10.2. The van der Waals surface area contributed by atoms with E-state index >= 15 is 0 Å². The number of benzene rings is 1. The lowest BCUT2D eigenvalue weighted by molar-refractivity contribution is -0.127. The molecule has 1 aromatic carbocycles. The normalized spacial score (nSPS) is 21.9. The average molecular weight is 329 g/mol. The number of nitrogens with one attached hydrogen (secondary N) is 1. The van der Waals surface area contributed by atoms with Crippen LogP contribution in [0.5, 0.6) is 0 Å². The van der Waals surface area contributed by atoms with Gasteiger partial charge in [0, 0.05) is 19.5 Å². The van der Waals surface area contributed by atoms with Crippen molar-refractivity contribution < 1.29 is 9.59 Å². The average Bonchev–Trinajstić information content (AvgIpc) is 2.94. The predicted octanol–water partition coefficient (Wildman–Crippen LogP) is 1.43. The molecule has 0 spiro atoms. The Morgan fingerprint density at radius 2 is 1.88 bits per heavy atom. The fourth-order valence-corrected chi connectivity index (χ4v) is 3.59. The number of carbonyl (C=O) groups is 2. The fourth-order valence-electron chi connectivity index (χ4n) is 3.59. The van der Waals surface area contributed by atoms with Gasteiger partial charge in [0.1, 0.15) is 0 Å². The van der Waals surface area contributed by atoms with E-state index in [0.717, 1.165) is 26.1 Å². The molecule has 1 N–H and O–H groups in total. The van der Waals surface area contributed by atoms with Crippen LogP contribution in [0.15, 0.2) is 30.3 Å². The Balaban J connectivity index is 1.41. The number of amides is 2. The van der Waals surface area contributed by atoms with Crippen LogP contribution in [0.3, 0.4) is 0 Å². The summed E-state index contributed by atoms with van der Waals surface area (Å²) in [4.78, 5) is 28.4. The molecule has 1 atom stereocenters. The number of nitrogens with zero attached hydrogens (tertiary/aromatic N) is 2. The molecule has 0 radical (unpaired) electrons. The van der Waals surface area contributed by atoms with Crippen molar-refractivity contribution in [3.63, 3.8) is 0 Å². The van der Waals surface area contributed by atoms with Gasteiger partial charge in [-0.05, 0) is 37.9 Å². The van der Waals surface area contributed by atoms with Crippen molar-refractivity contribution >= 4 is 11.8 Å². The van der Waals surface area contributed by atoms with Crippen LogP contribution < -0.4 is 5.32 Å². The Morgan fingerprint density at radius 1 is 1.12 bits per heavy atom. The lowest BCUT2D eigenvalue weighted by atomic mass is 10.1. The first-order valence-electron chi connectivity index (χ1n) is 9.04. The third kappa shape index (κ3) is 4.81. The van der Waals surface area contributed by atoms with Crippen LogP contribution in [0.4, 0.5) is 0 Å². The van der Waals surface area contributed by atoms with Gasteiger partial charge in [-0.2, -0.15) is 0 Å². The van der Waals surface area contributed by atoms with Gasteiger partial charge < -0.3 is 10.2 Å². The second kappa shape index (κ2) is 8.29. The predicted molar refractivity (Wildman–Crippen MR) is 93.6 cm³/mol. The Labute approximate surface area is 144 Å². The summed E-state index contributed by atoms with van der Waals surface area (Å²) in [6.45, 7) is 3.86. The van der Waals surface area contributed by atoms with Gasteiger partial charge >= 0.3 is 0 Å². The van der Waals surface area contributed by atoms with Crippen molar-refractivity contribution in [1.82, 2.24) is 15.1 Å². The van der Waals surface area contributed by atoms with Crippen molar-refractivity contribution in [2.75, 3.05) is 32.7 Å². The summed E-state index contributed by atoms with van der Waals surface area (Å²) < 4.78 is 0. The van der Waals surface area contributed by atoms with E-state index < -0.39 is 0 Å². The summed E-state index contributed by atoms with van der Waals surface area (Å²) in [7, 11) is 0. The van der Waals surface area contributed by atoms with Gasteiger partial charge in [-0.3, -0.25) is 14.5 Å². The van der Waals surface area contributed by atoms with Gasteiger partial charge in [0.2, 0.25) is 11.8 Å². The molecule has 130 valence electrons. The lowest BCUT2D eigenvalue weighted by Gasteiger charge is -2.26. The van der Waals surface area contributed by atoms with E-state index in [4.69, 9.17) is 0 Å². The van der Waals surface area contributed by atoms with Crippen LogP contribution in [0, 0.1) is 0 Å². The highest BCUT2D eigenvalue weighted by molar-refractivity contribution is 5.83. The molecule has 0 saturated carbocycles. The van der Waals surface area contributed by atoms with Gasteiger partial charge in [0.25, 0.3) is 0 Å². The highest BCUT2D eigenvalue weighted by atomic mass is 16.2. The molecule has 3 rings (SSSR count). The molecule has 5 heteroatoms. The van der Waals surface area contributed by atoms with E-state index in [1.807, 2.05) is 23.1 Å². The smallest absolute Gasteiger partial charge is 0.234 e. The minimum Gasteiger partial charge on any atom is -0.350 e. The summed E-state index contributed by atoms with van der Waals surface area (Å²) >= 11 is 0. The fraction of sp³-hybridized carbons (Fsp3) is 0.579. The summed E-state index contributed by atoms with van der Waals surface area (Å²) in [5, 5.41) is 3.04. The zero-order valence-corrected chi connectivity index (χ0v) is 14.2. The molecule has 0 unspecified atom stereocenters. The number of piperidine rings is 1. The first-order valence-corrected chi connectivity index (χ1v) is 9.04. The van der Waals surface area contributed by atoms with E-state index in [0.29, 0.717) is 19.5 Å². The van der Waals surface area contributed by atoms with Crippen molar-refractivity contribution in [1.29, 1.82) is 0 Å². The van der Waals surface area contributed by atoms with Crippen molar-refractivity contribution in [2.45, 2.75) is 38.1 Å². The molecule has 2 aliphatic heterocycles. The van der Waals surface area contributed by atoms with Crippen LogP contribution in [0.2, 0.25) is 0 Å². The van der Waals surface area contributed by atoms with Gasteiger partial charge in [-0.1, -0.05) is 36.8 Å². The number of likely N-dealkylation sites (tertiary alicyclic amines) is 2. The second-order valence-electron chi connectivity index (χ2n) is 6.88. The summed E-state index contributed by atoms with van der Waals surface area (Å²) in [6.07, 6.45) is 4.93. The number of rotatable bonds is 6. The van der Waals surface area contributed by atoms with Crippen LogP contribution in [-0.2, 0) is 16.0 Å². The zero-order valence-electron chi connectivity index (χ0n) is 14.2. The van der Waals surface area contributed by atoms with E-state index in [1.165, 1.54) is 24.8 Å². The maximum atomic E-state index is 12.2. The monoisotopic (exact) mass is 329 g/mol. The maximum absolute atomic E-state index is 12.2. The molecular weight excluding hydrogens is 302 g/mol. The second-order valence-corrected chi connectivity index (χ2v) is 6.88. The molecular formula is C19H27N3O2. The maximum Gasteiger partial charge on any atom is 0.234 e. The standard InChI is InChI=1S/C19H27N3O2/c23-18(15-21-10-5-2-6-11-21)20-17-13-19(24)22(14-17)12-9-16-7-3-1-4-8-16/h1,3-4,7-8,17H,2,5-6,9-15H2,(H,20,23)/t17-/m1/s1. The minimum atomic E-state index is -0.0365. The van der Waals surface area contributed by atoms with Crippen molar-refractivity contribution in [3.8, 4) is 0 Å². The first kappa shape index (κ1) is 17.0. The SMILES string of the molecule is O=C(CN1CCCCC1)N[C@@H]1CC(=O)N(CCc2ccccc2)C1. The van der Waals surface area contributed by atoms with Crippen LogP contribution in [0.25, 0.3) is 0 Å². The van der Waals surface area contributed by atoms with E-state index in [9.17, 15) is 9.59 Å². The Morgan fingerprint density at radius 3 is 2.62 bits per heavy atom. The molecule has 2 amide bonds. The number of hydrogen-bond acceptors (Lipinski definition) is 3. The highest BCUT2D eigenvalue weighted by Gasteiger charge is 2.30. The molecule has 24 heavy (non-hydrogen) atoms. The highest BCUT2D eigenvalue weighted by Crippen LogP contribution is 2.13. The molecule has 0 aromatic heterocycles. The summed E-state index contributed by atoms with van der Waals surface area (Å²) in [5.74, 6) is 0.203. The van der Waals surface area contributed by atoms with E-state index in [2.05, 4.69) is 22.3 Å². The number of hydrogen-bond donors (Lipinski definition) is 1. The lowest BCUT2D eigenvalue weighted by Crippen LogP contribution is -2.44. The molecule has 2 fully saturated rings. The van der Waals surface area contributed by atoms with Crippen LogP contribution >= 0.6 is 0 Å². The topological polar surface area (TPSA) is 52.7 Å². The quantitative estimate of drug-likeness (QED) is 0.859.